The van der Waals surface area contributed by atoms with E-state index in [2.05, 4.69) is 15.7 Å². The van der Waals surface area contributed by atoms with Gasteiger partial charge < -0.3 is 10.6 Å². The highest BCUT2D eigenvalue weighted by atomic mass is 35.5. The Morgan fingerprint density at radius 2 is 2.03 bits per heavy atom. The summed E-state index contributed by atoms with van der Waals surface area (Å²) in [7, 11) is 0. The van der Waals surface area contributed by atoms with Crippen molar-refractivity contribution in [2.75, 3.05) is 10.6 Å². The number of halogens is 5. The predicted molar refractivity (Wildman–Crippen MR) is 107 cm³/mol. The van der Waals surface area contributed by atoms with E-state index >= 15 is 0 Å². The fourth-order valence-electron chi connectivity index (χ4n) is 3.13. The summed E-state index contributed by atoms with van der Waals surface area (Å²) in [4.78, 5) is 13.3. The second-order valence-electron chi connectivity index (χ2n) is 6.45. The van der Waals surface area contributed by atoms with Gasteiger partial charge in [-0.15, -0.1) is 11.3 Å². The molecule has 0 radical (unpaired) electrons. The number of carbonyl (C=O) groups excluding carboxylic acids is 1. The third-order valence-electron chi connectivity index (χ3n) is 4.49. The van der Waals surface area contributed by atoms with Crippen LogP contribution >= 0.6 is 34.5 Å². The van der Waals surface area contributed by atoms with Crippen molar-refractivity contribution in [1.82, 2.24) is 9.78 Å². The van der Waals surface area contributed by atoms with Crippen molar-refractivity contribution in [3.63, 3.8) is 0 Å². The maximum Gasteiger partial charge on any atom is 0.410 e. The second-order valence-corrected chi connectivity index (χ2v) is 8.24. The Bertz CT molecular complexity index is 1050. The number of thiophene rings is 1. The Morgan fingerprint density at radius 1 is 1.24 bits per heavy atom. The summed E-state index contributed by atoms with van der Waals surface area (Å²) in [6.07, 6.45) is -4.72. The van der Waals surface area contributed by atoms with Gasteiger partial charge in [-0.1, -0.05) is 29.3 Å². The van der Waals surface area contributed by atoms with Gasteiger partial charge in [0.05, 0.1) is 16.1 Å². The van der Waals surface area contributed by atoms with Gasteiger partial charge >= 0.3 is 6.18 Å². The Labute approximate surface area is 177 Å². The van der Waals surface area contributed by atoms with E-state index in [1.54, 1.807) is 12.1 Å². The Balaban J connectivity index is 1.63. The van der Waals surface area contributed by atoms with E-state index in [9.17, 15) is 18.0 Å². The lowest BCUT2D eigenvalue weighted by atomic mass is 10.0. The van der Waals surface area contributed by atoms with Crippen LogP contribution in [0, 0.1) is 0 Å². The lowest BCUT2D eigenvalue weighted by Gasteiger charge is -2.32. The van der Waals surface area contributed by atoms with E-state index in [0.717, 1.165) is 9.56 Å². The Kier molecular flexibility index (Phi) is 5.22. The number of alkyl halides is 3. The molecule has 5 nitrogen and oxygen atoms in total. The number of benzene rings is 1. The van der Waals surface area contributed by atoms with Crippen molar-refractivity contribution in [3.05, 3.63) is 62.4 Å². The molecular formula is C18H13Cl2F3N4OS. The minimum Gasteiger partial charge on any atom is -0.363 e. The van der Waals surface area contributed by atoms with E-state index < -0.39 is 24.2 Å². The number of hydrogen-bond donors (Lipinski definition) is 2. The number of amides is 1. The molecule has 2 aromatic heterocycles. The van der Waals surface area contributed by atoms with Gasteiger partial charge in [0, 0.05) is 23.1 Å². The summed E-state index contributed by atoms with van der Waals surface area (Å²) < 4.78 is 41.8. The van der Waals surface area contributed by atoms with Crippen LogP contribution in [-0.2, 0) is 0 Å². The number of carbonyl (C=O) groups is 1. The van der Waals surface area contributed by atoms with E-state index in [1.165, 1.54) is 35.6 Å². The summed E-state index contributed by atoms with van der Waals surface area (Å²) in [5.41, 5.74) is 0.215. The van der Waals surface area contributed by atoms with Crippen LogP contribution in [-0.4, -0.2) is 21.9 Å². The average molecular weight is 461 g/mol. The van der Waals surface area contributed by atoms with E-state index in [-0.39, 0.29) is 23.0 Å². The van der Waals surface area contributed by atoms with Gasteiger partial charge in [0.25, 0.3) is 5.91 Å². The van der Waals surface area contributed by atoms with Crippen LogP contribution in [0.5, 0.6) is 0 Å². The molecule has 4 rings (SSSR count). The standard InChI is InChI=1S/C18H13Cl2F3N4OS/c19-10-4-3-9(6-11(10)20)24-17(28)13-8-16-25-12(14-2-1-5-29-14)7-15(18(21,22)23)27(16)26-13/h1-6,8,12,15,25H,7H2,(H,24,28)/t12-,15-/m0/s1. The van der Waals surface area contributed by atoms with Crippen LogP contribution in [0.25, 0.3) is 0 Å². The predicted octanol–water partition coefficient (Wildman–Crippen LogP) is 6.16. The number of fused-ring (bicyclic) bond motifs is 1. The molecule has 0 saturated carbocycles. The van der Waals surface area contributed by atoms with Crippen LogP contribution in [0.3, 0.4) is 0 Å². The summed E-state index contributed by atoms with van der Waals surface area (Å²) in [5, 5.41) is 11.9. The fraction of sp³-hybridized carbons (Fsp3) is 0.222. The highest BCUT2D eigenvalue weighted by Gasteiger charge is 2.47. The molecule has 2 N–H and O–H groups in total. The zero-order chi connectivity index (χ0) is 20.8. The van der Waals surface area contributed by atoms with Crippen molar-refractivity contribution in [1.29, 1.82) is 0 Å². The Morgan fingerprint density at radius 3 is 2.69 bits per heavy atom. The maximum atomic E-state index is 13.7. The summed E-state index contributed by atoms with van der Waals surface area (Å²) >= 11 is 13.1. The van der Waals surface area contributed by atoms with Crippen molar-refractivity contribution in [2.24, 2.45) is 0 Å². The minimum absolute atomic E-state index is 0.135. The molecule has 0 aliphatic carbocycles. The molecule has 29 heavy (non-hydrogen) atoms. The van der Waals surface area contributed by atoms with Crippen molar-refractivity contribution in [3.8, 4) is 0 Å². The minimum atomic E-state index is -4.50. The van der Waals surface area contributed by atoms with Crippen molar-refractivity contribution in [2.45, 2.75) is 24.7 Å². The quantitative estimate of drug-likeness (QED) is 0.491. The normalized spacial score (nSPS) is 18.8. The van der Waals surface area contributed by atoms with E-state index in [1.807, 2.05) is 5.38 Å². The lowest BCUT2D eigenvalue weighted by molar-refractivity contribution is -0.173. The molecule has 3 aromatic rings. The van der Waals surface area contributed by atoms with Crippen LogP contribution < -0.4 is 10.6 Å². The first-order chi connectivity index (χ1) is 13.7. The van der Waals surface area contributed by atoms with Crippen LogP contribution in [0.4, 0.5) is 24.7 Å². The smallest absolute Gasteiger partial charge is 0.363 e. The second kappa shape index (κ2) is 7.55. The molecule has 1 aliphatic heterocycles. The molecule has 0 fully saturated rings. The molecule has 1 amide bonds. The number of nitrogens with one attached hydrogen (secondary N) is 2. The van der Waals surface area contributed by atoms with E-state index in [0.29, 0.717) is 10.7 Å². The summed E-state index contributed by atoms with van der Waals surface area (Å²) in [6.45, 7) is 0. The Hall–Kier alpha value is -2.23. The fourth-order valence-corrected chi connectivity index (χ4v) is 4.22. The highest BCUT2D eigenvalue weighted by molar-refractivity contribution is 7.10. The summed E-state index contributed by atoms with van der Waals surface area (Å²) in [5.74, 6) is -0.517. The molecule has 0 saturated heterocycles. The molecule has 0 bridgehead atoms. The number of nitrogens with zero attached hydrogens (tertiary/aromatic N) is 2. The number of rotatable bonds is 3. The van der Waals surface area contributed by atoms with Gasteiger partial charge in [-0.3, -0.25) is 4.79 Å². The molecule has 2 atom stereocenters. The number of anilines is 2. The van der Waals surface area contributed by atoms with Gasteiger partial charge in [-0.25, -0.2) is 4.68 Å². The first-order valence-corrected chi connectivity index (χ1v) is 10.1. The number of hydrogen-bond acceptors (Lipinski definition) is 4. The first kappa shape index (κ1) is 20.1. The topological polar surface area (TPSA) is 59.0 Å². The van der Waals surface area contributed by atoms with Crippen molar-refractivity contribution < 1.29 is 18.0 Å². The van der Waals surface area contributed by atoms with Crippen LogP contribution in [0.1, 0.15) is 33.9 Å². The molecule has 3 heterocycles. The number of aromatic nitrogens is 2. The average Bonchev–Trinajstić information content (AvgIpc) is 3.32. The lowest BCUT2D eigenvalue weighted by Crippen LogP contribution is -2.35. The third-order valence-corrected chi connectivity index (χ3v) is 6.21. The molecule has 152 valence electrons. The SMILES string of the molecule is O=C(Nc1ccc(Cl)c(Cl)c1)c1cc2n(n1)[C@H](C(F)(F)F)C[C@@H](c1cccs1)N2. The molecule has 1 aliphatic rings. The van der Waals surface area contributed by atoms with E-state index in [4.69, 9.17) is 23.2 Å². The largest absolute Gasteiger partial charge is 0.410 e. The van der Waals surface area contributed by atoms with Crippen molar-refractivity contribution >= 4 is 52.0 Å². The van der Waals surface area contributed by atoms with Crippen LogP contribution in [0.15, 0.2) is 41.8 Å². The molecule has 0 spiro atoms. The van der Waals surface area contributed by atoms with Gasteiger partial charge in [0.1, 0.15) is 5.82 Å². The molecule has 1 aromatic carbocycles. The first-order valence-electron chi connectivity index (χ1n) is 8.45. The van der Waals surface area contributed by atoms with Gasteiger partial charge in [-0.05, 0) is 29.6 Å². The molecular weight excluding hydrogens is 448 g/mol. The molecule has 0 unspecified atom stereocenters. The zero-order valence-electron chi connectivity index (χ0n) is 14.5. The monoisotopic (exact) mass is 460 g/mol. The van der Waals surface area contributed by atoms with Gasteiger partial charge in [0.15, 0.2) is 11.7 Å². The third kappa shape index (κ3) is 4.08. The van der Waals surface area contributed by atoms with Gasteiger partial charge in [0.2, 0.25) is 0 Å². The zero-order valence-corrected chi connectivity index (χ0v) is 16.8. The summed E-state index contributed by atoms with van der Waals surface area (Å²) in [6, 6.07) is 7.00. The maximum absolute atomic E-state index is 13.7. The molecule has 11 heteroatoms. The highest BCUT2D eigenvalue weighted by Crippen LogP contribution is 2.44. The van der Waals surface area contributed by atoms with Gasteiger partial charge in [-0.2, -0.15) is 18.3 Å². The van der Waals surface area contributed by atoms with Crippen LogP contribution in [0.2, 0.25) is 10.0 Å².